The van der Waals surface area contributed by atoms with Gasteiger partial charge in [-0.15, -0.1) is 0 Å². The minimum Gasteiger partial charge on any atom is -0.348 e. The van der Waals surface area contributed by atoms with Crippen molar-refractivity contribution < 1.29 is 4.92 Å². The van der Waals surface area contributed by atoms with Crippen molar-refractivity contribution in [2.24, 2.45) is 5.92 Å². The Bertz CT molecular complexity index is 815. The summed E-state index contributed by atoms with van der Waals surface area (Å²) in [6, 6.07) is 5.36. The third-order valence-electron chi connectivity index (χ3n) is 4.60. The van der Waals surface area contributed by atoms with E-state index in [0.29, 0.717) is 18.1 Å². The highest BCUT2D eigenvalue weighted by Crippen LogP contribution is 2.32. The minimum atomic E-state index is -0.616. The average molecular weight is 330 g/mol. The third kappa shape index (κ3) is 2.98. The van der Waals surface area contributed by atoms with E-state index in [-0.39, 0.29) is 11.9 Å². The Labute approximate surface area is 140 Å². The van der Waals surface area contributed by atoms with Gasteiger partial charge in [-0.25, -0.2) is 4.98 Å². The second-order valence-corrected chi connectivity index (χ2v) is 6.74. The van der Waals surface area contributed by atoms with Crippen LogP contribution in [0, 0.1) is 16.0 Å². The fraction of sp³-hybridized carbons (Fsp3) is 0.529. The number of hydrogen-bond acceptors (Lipinski definition) is 5. The predicted octanol–water partition coefficient (Wildman–Crippen LogP) is 3.01. The van der Waals surface area contributed by atoms with Gasteiger partial charge in [0.15, 0.2) is 0 Å². The highest BCUT2D eigenvalue weighted by Gasteiger charge is 2.34. The summed E-state index contributed by atoms with van der Waals surface area (Å²) in [5.74, 6) is 0.806. The number of nitrogens with zero attached hydrogens (tertiary/aromatic N) is 4. The molecule has 7 nitrogen and oxygen atoms in total. The predicted molar refractivity (Wildman–Crippen MR) is 92.6 cm³/mol. The van der Waals surface area contributed by atoms with Gasteiger partial charge in [0.25, 0.3) is 0 Å². The fourth-order valence-corrected chi connectivity index (χ4v) is 3.37. The van der Waals surface area contributed by atoms with E-state index in [2.05, 4.69) is 18.8 Å². The zero-order valence-corrected chi connectivity index (χ0v) is 14.0. The first-order valence-corrected chi connectivity index (χ1v) is 8.41. The first-order valence-electron chi connectivity index (χ1n) is 8.41. The Morgan fingerprint density at radius 3 is 2.92 bits per heavy atom. The van der Waals surface area contributed by atoms with E-state index in [4.69, 9.17) is 0 Å². The van der Waals surface area contributed by atoms with Crippen molar-refractivity contribution in [1.29, 1.82) is 0 Å². The van der Waals surface area contributed by atoms with E-state index in [9.17, 15) is 14.9 Å². The van der Waals surface area contributed by atoms with Crippen molar-refractivity contribution >= 4 is 17.2 Å². The fourth-order valence-electron chi connectivity index (χ4n) is 3.37. The van der Waals surface area contributed by atoms with E-state index < -0.39 is 16.2 Å². The Balaban J connectivity index is 2.09. The molecular formula is C17H22N4O3. The lowest BCUT2D eigenvalue weighted by Crippen LogP contribution is -2.33. The number of fused-ring (bicyclic) bond motifs is 1. The summed E-state index contributed by atoms with van der Waals surface area (Å²) in [4.78, 5) is 30.0. The highest BCUT2D eigenvalue weighted by molar-refractivity contribution is 5.62. The number of pyridine rings is 1. The second-order valence-electron chi connectivity index (χ2n) is 6.74. The molecule has 7 heteroatoms. The van der Waals surface area contributed by atoms with Gasteiger partial charge in [0.05, 0.1) is 4.92 Å². The molecule has 24 heavy (non-hydrogen) atoms. The number of aromatic nitrogens is 2. The molecule has 128 valence electrons. The van der Waals surface area contributed by atoms with E-state index in [1.807, 2.05) is 4.90 Å². The van der Waals surface area contributed by atoms with Gasteiger partial charge in [-0.1, -0.05) is 19.9 Å². The van der Waals surface area contributed by atoms with Crippen LogP contribution >= 0.6 is 0 Å². The molecular weight excluding hydrogens is 308 g/mol. The molecule has 1 fully saturated rings. The maximum absolute atomic E-state index is 12.6. The zero-order valence-electron chi connectivity index (χ0n) is 14.0. The van der Waals surface area contributed by atoms with Crippen LogP contribution in [0.25, 0.3) is 5.65 Å². The molecule has 1 saturated heterocycles. The molecule has 3 rings (SSSR count). The number of hydrogen-bond donors (Lipinski definition) is 0. The molecule has 0 amide bonds. The topological polar surface area (TPSA) is 80.8 Å². The summed E-state index contributed by atoms with van der Waals surface area (Å²) in [6.07, 6.45) is 5.49. The summed E-state index contributed by atoms with van der Waals surface area (Å²) in [6.45, 7) is 5.05. The smallest absolute Gasteiger partial charge is 0.348 e. The van der Waals surface area contributed by atoms with Crippen LogP contribution in [0.4, 0.5) is 11.5 Å². The van der Waals surface area contributed by atoms with Gasteiger partial charge in [-0.3, -0.25) is 19.3 Å². The quantitative estimate of drug-likeness (QED) is 0.622. The van der Waals surface area contributed by atoms with Crippen molar-refractivity contribution in [2.45, 2.75) is 45.6 Å². The Morgan fingerprint density at radius 1 is 1.42 bits per heavy atom. The molecule has 1 unspecified atom stereocenters. The lowest BCUT2D eigenvalue weighted by Gasteiger charge is -2.26. The van der Waals surface area contributed by atoms with Crippen LogP contribution < -0.4 is 10.5 Å². The molecule has 2 aromatic heterocycles. The molecule has 0 spiro atoms. The van der Waals surface area contributed by atoms with Crippen LogP contribution in [-0.2, 0) is 0 Å². The average Bonchev–Trinajstić information content (AvgIpc) is 3.00. The molecule has 1 aliphatic heterocycles. The van der Waals surface area contributed by atoms with Crippen molar-refractivity contribution in [3.8, 4) is 0 Å². The Hall–Kier alpha value is -2.44. The van der Waals surface area contributed by atoms with E-state index in [0.717, 1.165) is 25.7 Å². The van der Waals surface area contributed by atoms with Crippen LogP contribution in [0.3, 0.4) is 0 Å². The molecule has 2 aromatic rings. The summed E-state index contributed by atoms with van der Waals surface area (Å²) in [5, 5.41) is 11.5. The Kier molecular flexibility index (Phi) is 4.51. The van der Waals surface area contributed by atoms with Gasteiger partial charge in [-0.05, 0) is 43.7 Å². The van der Waals surface area contributed by atoms with Gasteiger partial charge in [0, 0.05) is 18.8 Å². The number of rotatable bonds is 5. The molecule has 0 bridgehead atoms. The minimum absolute atomic E-state index is 0.212. The largest absolute Gasteiger partial charge is 0.376 e. The van der Waals surface area contributed by atoms with E-state index in [1.54, 1.807) is 18.2 Å². The van der Waals surface area contributed by atoms with Crippen LogP contribution in [0.5, 0.6) is 0 Å². The molecule has 1 aliphatic rings. The summed E-state index contributed by atoms with van der Waals surface area (Å²) < 4.78 is 1.24. The van der Waals surface area contributed by atoms with Crippen molar-refractivity contribution in [2.75, 3.05) is 11.4 Å². The standard InChI is InChI=1S/C17H22N4O3/c1-12(2)8-9-13-6-5-11-19(13)16-15(21(23)24)17(22)20-10-4-3-7-14(20)18-16/h3-4,7,10,12-13H,5-6,8-9,11H2,1-2H3. The van der Waals surface area contributed by atoms with E-state index in [1.165, 1.54) is 10.6 Å². The lowest BCUT2D eigenvalue weighted by molar-refractivity contribution is -0.385. The van der Waals surface area contributed by atoms with Crippen LogP contribution in [0.2, 0.25) is 0 Å². The van der Waals surface area contributed by atoms with E-state index >= 15 is 0 Å². The monoisotopic (exact) mass is 330 g/mol. The molecule has 0 aromatic carbocycles. The summed E-state index contributed by atoms with van der Waals surface area (Å²) in [7, 11) is 0. The maximum Gasteiger partial charge on any atom is 0.376 e. The first kappa shape index (κ1) is 16.4. The Morgan fingerprint density at radius 2 is 2.21 bits per heavy atom. The zero-order chi connectivity index (χ0) is 17.3. The first-order chi connectivity index (χ1) is 11.5. The van der Waals surface area contributed by atoms with Gasteiger partial charge < -0.3 is 4.90 Å². The number of anilines is 1. The maximum atomic E-state index is 12.6. The van der Waals surface area contributed by atoms with Crippen molar-refractivity contribution in [1.82, 2.24) is 9.38 Å². The lowest BCUT2D eigenvalue weighted by atomic mass is 10.0. The normalized spacial score (nSPS) is 17.8. The van der Waals surface area contributed by atoms with Gasteiger partial charge in [-0.2, -0.15) is 0 Å². The van der Waals surface area contributed by atoms with Gasteiger partial charge in [0.1, 0.15) is 5.65 Å². The third-order valence-corrected chi connectivity index (χ3v) is 4.60. The van der Waals surface area contributed by atoms with Crippen LogP contribution in [-0.4, -0.2) is 26.9 Å². The number of nitro groups is 1. The van der Waals surface area contributed by atoms with Crippen LogP contribution in [0.1, 0.15) is 39.5 Å². The van der Waals surface area contributed by atoms with Crippen molar-refractivity contribution in [3.63, 3.8) is 0 Å². The molecule has 0 aliphatic carbocycles. The van der Waals surface area contributed by atoms with Crippen molar-refractivity contribution in [3.05, 3.63) is 44.9 Å². The van der Waals surface area contributed by atoms with Gasteiger partial charge >= 0.3 is 11.2 Å². The SMILES string of the molecule is CC(C)CCC1CCCN1c1nc2ccccn2c(=O)c1[N+](=O)[O-]. The summed E-state index contributed by atoms with van der Waals surface area (Å²) >= 11 is 0. The highest BCUT2D eigenvalue weighted by atomic mass is 16.6. The van der Waals surface area contributed by atoms with Crippen LogP contribution in [0.15, 0.2) is 29.2 Å². The molecule has 1 atom stereocenters. The second kappa shape index (κ2) is 6.59. The molecule has 0 radical (unpaired) electrons. The molecule has 3 heterocycles. The molecule has 0 saturated carbocycles. The summed E-state index contributed by atoms with van der Waals surface area (Å²) in [5.41, 5.74) is -0.595. The van der Waals surface area contributed by atoms with Gasteiger partial charge in [0.2, 0.25) is 5.82 Å². The molecule has 0 N–H and O–H groups in total.